The van der Waals surface area contributed by atoms with Crippen LogP contribution in [0.1, 0.15) is 13.8 Å². The molecule has 1 aromatic heterocycles. The van der Waals surface area contributed by atoms with Gasteiger partial charge in [0.05, 0.1) is 13.7 Å². The van der Waals surface area contributed by atoms with E-state index >= 15 is 0 Å². The van der Waals surface area contributed by atoms with Crippen LogP contribution in [-0.2, 0) is 6.54 Å². The highest BCUT2D eigenvalue weighted by molar-refractivity contribution is 5.05. The van der Waals surface area contributed by atoms with Crippen molar-refractivity contribution in [3.63, 3.8) is 0 Å². The summed E-state index contributed by atoms with van der Waals surface area (Å²) in [5.41, 5.74) is -0.110. The van der Waals surface area contributed by atoms with Crippen molar-refractivity contribution in [1.82, 2.24) is 15.1 Å². The normalized spacial score (nSPS) is 10.7. The first-order valence-corrected chi connectivity index (χ1v) is 4.99. The van der Waals surface area contributed by atoms with Crippen LogP contribution in [0.15, 0.2) is 16.9 Å². The minimum atomic E-state index is -0.110. The number of hydrogen-bond acceptors (Lipinski definition) is 4. The van der Waals surface area contributed by atoms with Gasteiger partial charge in [-0.15, -0.1) is 5.10 Å². The van der Waals surface area contributed by atoms with Gasteiger partial charge in [-0.2, -0.15) is 0 Å². The quantitative estimate of drug-likeness (QED) is 0.758. The van der Waals surface area contributed by atoms with E-state index in [0.717, 1.165) is 6.54 Å². The number of methoxy groups -OCH3 is 1. The van der Waals surface area contributed by atoms with Gasteiger partial charge in [0.15, 0.2) is 0 Å². The van der Waals surface area contributed by atoms with E-state index in [4.69, 9.17) is 4.74 Å². The molecule has 5 heteroatoms. The van der Waals surface area contributed by atoms with Gasteiger partial charge < -0.3 is 10.1 Å². The molecule has 0 spiro atoms. The molecular formula is C10H17N3O2. The van der Waals surface area contributed by atoms with E-state index in [-0.39, 0.29) is 5.56 Å². The Morgan fingerprint density at radius 1 is 1.53 bits per heavy atom. The van der Waals surface area contributed by atoms with Crippen molar-refractivity contribution in [2.24, 2.45) is 0 Å². The first-order valence-electron chi connectivity index (χ1n) is 4.99. The number of nitrogens with one attached hydrogen (secondary N) is 1. The topological polar surface area (TPSA) is 56.1 Å². The van der Waals surface area contributed by atoms with E-state index in [1.807, 2.05) is 0 Å². The zero-order valence-corrected chi connectivity index (χ0v) is 9.36. The van der Waals surface area contributed by atoms with Gasteiger partial charge in [0, 0.05) is 24.7 Å². The molecule has 0 unspecified atom stereocenters. The van der Waals surface area contributed by atoms with Gasteiger partial charge in [-0.1, -0.05) is 13.8 Å². The van der Waals surface area contributed by atoms with E-state index in [1.165, 1.54) is 17.9 Å². The van der Waals surface area contributed by atoms with Crippen LogP contribution in [-0.4, -0.2) is 29.5 Å². The van der Waals surface area contributed by atoms with Crippen LogP contribution < -0.4 is 15.6 Å². The van der Waals surface area contributed by atoms with E-state index < -0.39 is 0 Å². The predicted octanol–water partition coefficient (Wildman–Crippen LogP) is 0.250. The summed E-state index contributed by atoms with van der Waals surface area (Å²) in [7, 11) is 1.53. The van der Waals surface area contributed by atoms with Crippen molar-refractivity contribution in [3.05, 3.63) is 22.5 Å². The fourth-order valence-electron chi connectivity index (χ4n) is 1.16. The molecule has 0 bridgehead atoms. The van der Waals surface area contributed by atoms with E-state index in [0.29, 0.717) is 18.5 Å². The molecule has 15 heavy (non-hydrogen) atoms. The Bertz CT molecular complexity index is 360. The highest BCUT2D eigenvalue weighted by Gasteiger charge is 2.00. The second-order valence-electron chi connectivity index (χ2n) is 3.55. The molecule has 1 heterocycles. The number of hydrogen-bond donors (Lipinski definition) is 1. The molecule has 0 aliphatic heterocycles. The average molecular weight is 211 g/mol. The summed E-state index contributed by atoms with van der Waals surface area (Å²) in [4.78, 5) is 11.4. The van der Waals surface area contributed by atoms with Crippen LogP contribution in [0, 0.1) is 0 Å². The third kappa shape index (κ3) is 3.71. The van der Waals surface area contributed by atoms with Gasteiger partial charge in [0.25, 0.3) is 5.56 Å². The van der Waals surface area contributed by atoms with Crippen molar-refractivity contribution in [2.75, 3.05) is 13.7 Å². The lowest BCUT2D eigenvalue weighted by atomic mass is 10.4. The first kappa shape index (κ1) is 11.7. The molecule has 0 fully saturated rings. The number of aromatic nitrogens is 2. The Morgan fingerprint density at radius 3 is 2.87 bits per heavy atom. The Kier molecular flexibility index (Phi) is 4.30. The van der Waals surface area contributed by atoms with Gasteiger partial charge in [0.2, 0.25) is 5.88 Å². The summed E-state index contributed by atoms with van der Waals surface area (Å²) >= 11 is 0. The van der Waals surface area contributed by atoms with Crippen LogP contribution in [0.5, 0.6) is 5.88 Å². The minimum Gasteiger partial charge on any atom is -0.480 e. The second-order valence-corrected chi connectivity index (χ2v) is 3.55. The second kappa shape index (κ2) is 5.50. The van der Waals surface area contributed by atoms with Crippen LogP contribution in [0.25, 0.3) is 0 Å². The maximum atomic E-state index is 11.4. The fourth-order valence-corrected chi connectivity index (χ4v) is 1.16. The van der Waals surface area contributed by atoms with Crippen LogP contribution in [0.3, 0.4) is 0 Å². The summed E-state index contributed by atoms with van der Waals surface area (Å²) in [6.07, 6.45) is 0. The van der Waals surface area contributed by atoms with Gasteiger partial charge in [-0.25, -0.2) is 4.68 Å². The van der Waals surface area contributed by atoms with Crippen LogP contribution in [0.4, 0.5) is 0 Å². The number of rotatable bonds is 5. The summed E-state index contributed by atoms with van der Waals surface area (Å²) in [5.74, 6) is 0.458. The SMILES string of the molecule is COc1ccc(=O)n(CCNC(C)C)n1. The van der Waals surface area contributed by atoms with Crippen molar-refractivity contribution in [3.8, 4) is 5.88 Å². The molecule has 0 saturated carbocycles. The van der Waals surface area contributed by atoms with Crippen molar-refractivity contribution >= 4 is 0 Å². The zero-order chi connectivity index (χ0) is 11.3. The lowest BCUT2D eigenvalue weighted by Crippen LogP contribution is -2.31. The fraction of sp³-hybridized carbons (Fsp3) is 0.600. The lowest BCUT2D eigenvalue weighted by molar-refractivity contribution is 0.373. The highest BCUT2D eigenvalue weighted by Crippen LogP contribution is 1.98. The Morgan fingerprint density at radius 2 is 2.27 bits per heavy atom. The van der Waals surface area contributed by atoms with Crippen molar-refractivity contribution in [1.29, 1.82) is 0 Å². The third-order valence-corrected chi connectivity index (χ3v) is 1.93. The zero-order valence-electron chi connectivity index (χ0n) is 9.36. The average Bonchev–Trinajstić information content (AvgIpc) is 2.20. The van der Waals surface area contributed by atoms with Gasteiger partial charge in [-0.3, -0.25) is 4.79 Å². The Balaban J connectivity index is 2.63. The smallest absolute Gasteiger partial charge is 0.267 e. The van der Waals surface area contributed by atoms with Crippen LogP contribution in [0.2, 0.25) is 0 Å². The molecule has 1 aromatic rings. The standard InChI is InChI=1S/C10H17N3O2/c1-8(2)11-6-7-13-10(14)5-4-9(12-13)15-3/h4-5,8,11H,6-7H2,1-3H3. The molecule has 0 radical (unpaired) electrons. The largest absolute Gasteiger partial charge is 0.480 e. The molecule has 0 aliphatic rings. The maximum Gasteiger partial charge on any atom is 0.267 e. The summed E-state index contributed by atoms with van der Waals surface area (Å²) in [6, 6.07) is 3.43. The van der Waals surface area contributed by atoms with Gasteiger partial charge >= 0.3 is 0 Å². The molecular weight excluding hydrogens is 194 g/mol. The summed E-state index contributed by atoms with van der Waals surface area (Å²) < 4.78 is 6.34. The molecule has 84 valence electrons. The monoisotopic (exact) mass is 211 g/mol. The molecule has 0 aliphatic carbocycles. The van der Waals surface area contributed by atoms with Crippen molar-refractivity contribution in [2.45, 2.75) is 26.4 Å². The predicted molar refractivity (Wildman–Crippen MR) is 58.2 cm³/mol. The number of nitrogens with zero attached hydrogens (tertiary/aromatic N) is 2. The third-order valence-electron chi connectivity index (χ3n) is 1.93. The van der Waals surface area contributed by atoms with Gasteiger partial charge in [0.1, 0.15) is 0 Å². The summed E-state index contributed by atoms with van der Waals surface area (Å²) in [6.45, 7) is 5.38. The Labute approximate surface area is 89.1 Å². The van der Waals surface area contributed by atoms with Crippen molar-refractivity contribution < 1.29 is 4.74 Å². The Hall–Kier alpha value is -1.36. The molecule has 1 N–H and O–H groups in total. The molecule has 0 amide bonds. The molecule has 0 aromatic carbocycles. The lowest BCUT2D eigenvalue weighted by Gasteiger charge is -2.09. The van der Waals surface area contributed by atoms with E-state index in [1.54, 1.807) is 6.07 Å². The van der Waals surface area contributed by atoms with E-state index in [2.05, 4.69) is 24.3 Å². The molecule has 0 saturated heterocycles. The first-order chi connectivity index (χ1) is 7.13. The summed E-state index contributed by atoms with van der Waals surface area (Å²) in [5, 5.41) is 7.25. The van der Waals surface area contributed by atoms with Crippen LogP contribution >= 0.6 is 0 Å². The molecule has 1 rings (SSSR count). The maximum absolute atomic E-state index is 11.4. The van der Waals surface area contributed by atoms with E-state index in [9.17, 15) is 4.79 Å². The van der Waals surface area contributed by atoms with Gasteiger partial charge in [-0.05, 0) is 0 Å². The molecule has 0 atom stereocenters. The minimum absolute atomic E-state index is 0.110. The highest BCUT2D eigenvalue weighted by atomic mass is 16.5. The molecule has 5 nitrogen and oxygen atoms in total. The number of ether oxygens (including phenoxy) is 1.